The summed E-state index contributed by atoms with van der Waals surface area (Å²) >= 11 is 6.02. The maximum atomic E-state index is 13.8. The van der Waals surface area contributed by atoms with Crippen LogP contribution in [0.4, 0.5) is 17.6 Å². The standard InChI is InChI=1S/C15H11ClF4/c1-7-3-9(14(20)6-12(7)18)15(16)10-5-11(17)8(2)4-13(10)19/h3-6,15H,1-2H3. The average molecular weight is 303 g/mol. The molecular formula is C15H11ClF4. The second-order valence-electron chi connectivity index (χ2n) is 4.61. The van der Waals surface area contributed by atoms with Gasteiger partial charge >= 0.3 is 0 Å². The predicted octanol–water partition coefficient (Wildman–Crippen LogP) is 5.19. The summed E-state index contributed by atoms with van der Waals surface area (Å²) in [5.74, 6) is -2.98. The molecule has 0 amide bonds. The smallest absolute Gasteiger partial charge is 0.131 e. The van der Waals surface area contributed by atoms with E-state index in [0.717, 1.165) is 12.1 Å². The fourth-order valence-corrected chi connectivity index (χ4v) is 2.23. The molecule has 5 heteroatoms. The van der Waals surface area contributed by atoms with Gasteiger partial charge in [0.15, 0.2) is 0 Å². The van der Waals surface area contributed by atoms with Crippen molar-refractivity contribution >= 4 is 11.6 Å². The first-order valence-electron chi connectivity index (χ1n) is 5.86. The number of alkyl halides is 1. The Balaban J connectivity index is 2.54. The van der Waals surface area contributed by atoms with Gasteiger partial charge in [-0.1, -0.05) is 0 Å². The Morgan fingerprint density at radius 3 is 1.80 bits per heavy atom. The molecule has 0 aromatic heterocycles. The first kappa shape index (κ1) is 14.9. The van der Waals surface area contributed by atoms with Gasteiger partial charge in [-0.2, -0.15) is 0 Å². The molecule has 2 rings (SSSR count). The highest BCUT2D eigenvalue weighted by molar-refractivity contribution is 6.22. The molecule has 1 unspecified atom stereocenters. The molecule has 0 heterocycles. The van der Waals surface area contributed by atoms with Crippen LogP contribution in [0.1, 0.15) is 27.6 Å². The summed E-state index contributed by atoms with van der Waals surface area (Å²) in [5, 5.41) is -1.23. The topological polar surface area (TPSA) is 0 Å². The molecule has 0 N–H and O–H groups in total. The number of hydrogen-bond donors (Lipinski definition) is 0. The zero-order valence-corrected chi connectivity index (χ0v) is 11.5. The van der Waals surface area contributed by atoms with Gasteiger partial charge < -0.3 is 0 Å². The molecule has 106 valence electrons. The molecule has 0 saturated heterocycles. The lowest BCUT2D eigenvalue weighted by atomic mass is 10.00. The van der Waals surface area contributed by atoms with E-state index in [2.05, 4.69) is 0 Å². The third-order valence-corrected chi connectivity index (χ3v) is 3.57. The molecule has 0 nitrogen and oxygen atoms in total. The fourth-order valence-electron chi connectivity index (χ4n) is 1.90. The highest BCUT2D eigenvalue weighted by atomic mass is 35.5. The average Bonchev–Trinajstić information content (AvgIpc) is 2.37. The van der Waals surface area contributed by atoms with Gasteiger partial charge in [-0.25, -0.2) is 17.6 Å². The van der Waals surface area contributed by atoms with Crippen molar-refractivity contribution in [2.75, 3.05) is 0 Å². The Bertz CT molecular complexity index is 610. The fraction of sp³-hybridized carbons (Fsp3) is 0.200. The zero-order valence-electron chi connectivity index (χ0n) is 10.8. The van der Waals surface area contributed by atoms with Crippen LogP contribution in [0.25, 0.3) is 0 Å². The third kappa shape index (κ3) is 2.66. The van der Waals surface area contributed by atoms with Gasteiger partial charge in [0.05, 0.1) is 5.38 Å². The van der Waals surface area contributed by atoms with Gasteiger partial charge in [-0.05, 0) is 43.2 Å². The Morgan fingerprint density at radius 2 is 1.15 bits per heavy atom. The minimum absolute atomic E-state index is 0.0901. The van der Waals surface area contributed by atoms with Gasteiger partial charge in [-0.3, -0.25) is 0 Å². The van der Waals surface area contributed by atoms with Crippen molar-refractivity contribution in [3.05, 3.63) is 69.8 Å². The minimum Gasteiger partial charge on any atom is -0.207 e. The Hall–Kier alpha value is -1.55. The Kier molecular flexibility index (Phi) is 4.04. The minimum atomic E-state index is -1.23. The molecule has 0 bridgehead atoms. The van der Waals surface area contributed by atoms with E-state index in [9.17, 15) is 17.6 Å². The molecule has 2 aromatic carbocycles. The molecule has 0 fully saturated rings. The van der Waals surface area contributed by atoms with Crippen LogP contribution < -0.4 is 0 Å². The van der Waals surface area contributed by atoms with Gasteiger partial charge in [-0.15, -0.1) is 11.6 Å². The summed E-state index contributed by atoms with van der Waals surface area (Å²) in [5.41, 5.74) is 0.0401. The van der Waals surface area contributed by atoms with E-state index in [0.29, 0.717) is 6.07 Å². The highest BCUT2D eigenvalue weighted by Crippen LogP contribution is 2.34. The van der Waals surface area contributed by atoms with Crippen molar-refractivity contribution in [3.63, 3.8) is 0 Å². The van der Waals surface area contributed by atoms with E-state index >= 15 is 0 Å². The number of rotatable bonds is 2. The third-order valence-electron chi connectivity index (χ3n) is 3.10. The van der Waals surface area contributed by atoms with Crippen molar-refractivity contribution in [1.82, 2.24) is 0 Å². The van der Waals surface area contributed by atoms with Crippen LogP contribution in [-0.4, -0.2) is 0 Å². The number of halogens is 5. The van der Waals surface area contributed by atoms with E-state index < -0.39 is 28.6 Å². The summed E-state index contributed by atoms with van der Waals surface area (Å²) < 4.78 is 54.3. The summed E-state index contributed by atoms with van der Waals surface area (Å²) in [7, 11) is 0. The van der Waals surface area contributed by atoms with Crippen molar-refractivity contribution < 1.29 is 17.6 Å². The number of hydrogen-bond acceptors (Lipinski definition) is 0. The summed E-state index contributed by atoms with van der Waals surface area (Å²) in [6, 6.07) is 3.80. The van der Waals surface area contributed by atoms with Gasteiger partial charge in [0.2, 0.25) is 0 Å². The van der Waals surface area contributed by atoms with Crippen molar-refractivity contribution in [1.29, 1.82) is 0 Å². The first-order valence-corrected chi connectivity index (χ1v) is 6.30. The number of aryl methyl sites for hydroxylation is 2. The molecule has 0 aliphatic carbocycles. The summed E-state index contributed by atoms with van der Waals surface area (Å²) in [6.07, 6.45) is 0. The summed E-state index contributed by atoms with van der Waals surface area (Å²) in [4.78, 5) is 0. The largest absolute Gasteiger partial charge is 0.207 e. The van der Waals surface area contributed by atoms with Crippen LogP contribution in [0.3, 0.4) is 0 Å². The monoisotopic (exact) mass is 302 g/mol. The normalized spacial score (nSPS) is 12.6. The van der Waals surface area contributed by atoms with E-state index in [1.165, 1.54) is 19.9 Å². The molecule has 0 saturated carbocycles. The lowest BCUT2D eigenvalue weighted by Gasteiger charge is -2.14. The van der Waals surface area contributed by atoms with Crippen LogP contribution in [-0.2, 0) is 0 Å². The van der Waals surface area contributed by atoms with Gasteiger partial charge in [0, 0.05) is 17.2 Å². The Morgan fingerprint density at radius 1 is 0.700 bits per heavy atom. The molecule has 20 heavy (non-hydrogen) atoms. The zero-order chi connectivity index (χ0) is 15.0. The molecular weight excluding hydrogens is 292 g/mol. The van der Waals surface area contributed by atoms with Crippen molar-refractivity contribution in [2.45, 2.75) is 19.2 Å². The molecule has 0 radical (unpaired) electrons. The second kappa shape index (κ2) is 5.44. The van der Waals surface area contributed by atoms with Gasteiger partial charge in [0.25, 0.3) is 0 Å². The first-order chi connectivity index (χ1) is 9.31. The van der Waals surface area contributed by atoms with Crippen LogP contribution in [0.15, 0.2) is 24.3 Å². The Labute approximate surface area is 119 Å². The van der Waals surface area contributed by atoms with E-state index in [1.54, 1.807) is 0 Å². The van der Waals surface area contributed by atoms with Crippen LogP contribution in [0.2, 0.25) is 0 Å². The highest BCUT2D eigenvalue weighted by Gasteiger charge is 2.21. The maximum Gasteiger partial charge on any atom is 0.131 e. The number of benzene rings is 2. The quantitative estimate of drug-likeness (QED) is 0.529. The lowest BCUT2D eigenvalue weighted by molar-refractivity contribution is 0.560. The van der Waals surface area contributed by atoms with Gasteiger partial charge in [0.1, 0.15) is 23.3 Å². The molecule has 0 aliphatic heterocycles. The van der Waals surface area contributed by atoms with Crippen molar-refractivity contribution in [2.24, 2.45) is 0 Å². The second-order valence-corrected chi connectivity index (χ2v) is 5.04. The van der Waals surface area contributed by atoms with E-state index in [1.807, 2.05) is 0 Å². The van der Waals surface area contributed by atoms with E-state index in [-0.39, 0.29) is 22.3 Å². The van der Waals surface area contributed by atoms with Crippen LogP contribution >= 0.6 is 11.6 Å². The summed E-state index contributed by atoms with van der Waals surface area (Å²) in [6.45, 7) is 2.85. The SMILES string of the molecule is Cc1cc(C(Cl)c2cc(F)c(C)cc2F)c(F)cc1F. The molecule has 1 atom stereocenters. The van der Waals surface area contributed by atoms with Crippen LogP contribution in [0.5, 0.6) is 0 Å². The molecule has 0 spiro atoms. The van der Waals surface area contributed by atoms with Crippen molar-refractivity contribution in [3.8, 4) is 0 Å². The molecule has 2 aromatic rings. The van der Waals surface area contributed by atoms with Crippen LogP contribution in [0, 0.1) is 37.1 Å². The maximum absolute atomic E-state index is 13.8. The lowest BCUT2D eigenvalue weighted by Crippen LogP contribution is -2.03. The molecule has 0 aliphatic rings. The van der Waals surface area contributed by atoms with E-state index in [4.69, 9.17) is 11.6 Å². The predicted molar refractivity (Wildman–Crippen MR) is 69.9 cm³/mol.